The second-order valence-corrected chi connectivity index (χ2v) is 5.59. The van der Waals surface area contributed by atoms with Gasteiger partial charge in [0, 0.05) is 30.5 Å². The first-order chi connectivity index (χ1) is 11.3. The molecule has 126 valence electrons. The van der Waals surface area contributed by atoms with Crippen LogP contribution in [-0.4, -0.2) is 28.9 Å². The smallest absolute Gasteiger partial charge is 0.288 e. The molecule has 0 aliphatic carbocycles. The van der Waals surface area contributed by atoms with Gasteiger partial charge in [0.1, 0.15) is 12.0 Å². The molecule has 24 heavy (non-hydrogen) atoms. The predicted molar refractivity (Wildman–Crippen MR) is 92.7 cm³/mol. The normalized spacial score (nSPS) is 10.5. The van der Waals surface area contributed by atoms with Gasteiger partial charge in [-0.05, 0) is 32.0 Å². The van der Waals surface area contributed by atoms with Crippen molar-refractivity contribution in [1.29, 1.82) is 0 Å². The van der Waals surface area contributed by atoms with Crippen LogP contribution in [0, 0.1) is 10.1 Å². The molecule has 0 saturated heterocycles. The summed E-state index contributed by atoms with van der Waals surface area (Å²) < 4.78 is 0. The number of carbonyl (C=O) groups excluding carboxylic acids is 1. The number of hydrogen-bond acceptors (Lipinski definition) is 6. The van der Waals surface area contributed by atoms with E-state index in [0.717, 1.165) is 18.0 Å². The van der Waals surface area contributed by atoms with Gasteiger partial charge in [-0.15, -0.1) is 0 Å². The molecule has 0 aliphatic heterocycles. The molecule has 0 aliphatic rings. The molecule has 0 saturated carbocycles. The summed E-state index contributed by atoms with van der Waals surface area (Å²) in [6, 6.07) is 8.97. The Morgan fingerprint density at radius 1 is 1.38 bits per heavy atom. The first-order valence-electron chi connectivity index (χ1n) is 7.33. The summed E-state index contributed by atoms with van der Waals surface area (Å²) in [5.41, 5.74) is 6.66. The van der Waals surface area contributed by atoms with Crippen LogP contribution in [0.1, 0.15) is 24.2 Å². The maximum atomic E-state index is 11.6. The Morgan fingerprint density at radius 2 is 2.08 bits per heavy atom. The number of pyridine rings is 1. The molecule has 0 atom stereocenters. The van der Waals surface area contributed by atoms with E-state index in [0.29, 0.717) is 11.7 Å². The number of nitrogens with zero attached hydrogens (tertiary/aromatic N) is 3. The molecular weight excluding hydrogens is 310 g/mol. The molecule has 0 radical (unpaired) electrons. The van der Waals surface area contributed by atoms with Crippen molar-refractivity contribution >= 4 is 28.8 Å². The van der Waals surface area contributed by atoms with E-state index < -0.39 is 10.8 Å². The number of nitrogens with one attached hydrogen (secondary N) is 1. The Hall–Kier alpha value is -3.16. The standard InChI is InChI=1S/C16H19N5O3/c1-10(2)20(3)12-6-4-5-11(7-12)19-16-14(15(17)22)8-13(9-18-16)21(23)24/h4-10H,1-3H3,(H2,17,22)(H,18,19). The van der Waals surface area contributed by atoms with Crippen LogP contribution in [0.2, 0.25) is 0 Å². The van der Waals surface area contributed by atoms with Crippen molar-refractivity contribution in [3.8, 4) is 0 Å². The van der Waals surface area contributed by atoms with Gasteiger partial charge >= 0.3 is 0 Å². The first kappa shape index (κ1) is 17.2. The van der Waals surface area contributed by atoms with Crippen LogP contribution >= 0.6 is 0 Å². The van der Waals surface area contributed by atoms with Crippen molar-refractivity contribution in [2.45, 2.75) is 19.9 Å². The van der Waals surface area contributed by atoms with Gasteiger partial charge in [-0.25, -0.2) is 4.98 Å². The van der Waals surface area contributed by atoms with Gasteiger partial charge in [0.2, 0.25) is 0 Å². The number of aromatic nitrogens is 1. The molecule has 0 spiro atoms. The Morgan fingerprint density at radius 3 is 2.67 bits per heavy atom. The van der Waals surface area contributed by atoms with Gasteiger partial charge in [-0.2, -0.15) is 0 Å². The second kappa shape index (κ2) is 6.95. The number of nitro groups is 1. The highest BCUT2D eigenvalue weighted by Gasteiger charge is 2.16. The Kier molecular flexibility index (Phi) is 4.98. The monoisotopic (exact) mass is 329 g/mol. The Bertz CT molecular complexity index is 776. The van der Waals surface area contributed by atoms with E-state index in [9.17, 15) is 14.9 Å². The highest BCUT2D eigenvalue weighted by Crippen LogP contribution is 2.25. The summed E-state index contributed by atoms with van der Waals surface area (Å²) in [6.07, 6.45) is 1.08. The van der Waals surface area contributed by atoms with Crippen LogP contribution < -0.4 is 16.0 Å². The van der Waals surface area contributed by atoms with Crippen molar-refractivity contribution in [3.05, 3.63) is 52.2 Å². The topological polar surface area (TPSA) is 114 Å². The van der Waals surface area contributed by atoms with Gasteiger partial charge in [0.25, 0.3) is 11.6 Å². The van der Waals surface area contributed by atoms with Crippen molar-refractivity contribution in [2.75, 3.05) is 17.3 Å². The minimum atomic E-state index is -0.788. The third-order valence-corrected chi connectivity index (χ3v) is 3.64. The van der Waals surface area contributed by atoms with E-state index in [2.05, 4.69) is 29.0 Å². The summed E-state index contributed by atoms with van der Waals surface area (Å²) in [5, 5.41) is 13.8. The molecule has 1 heterocycles. The number of carbonyl (C=O) groups is 1. The van der Waals surface area contributed by atoms with Crippen molar-refractivity contribution in [2.24, 2.45) is 5.73 Å². The number of amides is 1. The number of benzene rings is 1. The zero-order valence-corrected chi connectivity index (χ0v) is 13.7. The van der Waals surface area contributed by atoms with Crippen LogP contribution in [0.15, 0.2) is 36.5 Å². The van der Waals surface area contributed by atoms with E-state index >= 15 is 0 Å². The third kappa shape index (κ3) is 3.78. The van der Waals surface area contributed by atoms with Gasteiger partial charge in [-0.1, -0.05) is 6.07 Å². The van der Waals surface area contributed by atoms with E-state index in [1.165, 1.54) is 0 Å². The summed E-state index contributed by atoms with van der Waals surface area (Å²) in [4.78, 5) is 27.8. The molecule has 1 aromatic carbocycles. The lowest BCUT2D eigenvalue weighted by atomic mass is 10.2. The number of nitrogens with two attached hydrogens (primary N) is 1. The van der Waals surface area contributed by atoms with Gasteiger partial charge in [0.15, 0.2) is 0 Å². The van der Waals surface area contributed by atoms with Crippen molar-refractivity contribution in [3.63, 3.8) is 0 Å². The fourth-order valence-corrected chi connectivity index (χ4v) is 2.08. The number of primary amides is 1. The fraction of sp³-hybridized carbons (Fsp3) is 0.250. The minimum Gasteiger partial charge on any atom is -0.372 e. The average Bonchev–Trinajstić information content (AvgIpc) is 2.54. The van der Waals surface area contributed by atoms with Gasteiger partial charge < -0.3 is 16.0 Å². The quantitative estimate of drug-likeness (QED) is 0.622. The Balaban J connectivity index is 2.36. The molecule has 0 bridgehead atoms. The molecule has 3 N–H and O–H groups in total. The minimum absolute atomic E-state index is 0.0354. The molecule has 0 unspecified atom stereocenters. The summed E-state index contributed by atoms with van der Waals surface area (Å²) >= 11 is 0. The van der Waals surface area contributed by atoms with E-state index in [-0.39, 0.29) is 17.1 Å². The zero-order valence-electron chi connectivity index (χ0n) is 13.7. The predicted octanol–water partition coefficient (Wildman–Crippen LogP) is 2.68. The van der Waals surface area contributed by atoms with Crippen LogP contribution in [0.5, 0.6) is 0 Å². The van der Waals surface area contributed by atoms with Crippen molar-refractivity contribution < 1.29 is 9.72 Å². The van der Waals surface area contributed by atoms with Crippen LogP contribution in [0.4, 0.5) is 22.9 Å². The molecule has 1 amide bonds. The van der Waals surface area contributed by atoms with Crippen LogP contribution in [-0.2, 0) is 0 Å². The van der Waals surface area contributed by atoms with E-state index in [1.54, 1.807) is 0 Å². The molecular formula is C16H19N5O3. The molecule has 8 heteroatoms. The Labute approximate surface area is 139 Å². The lowest BCUT2D eigenvalue weighted by molar-refractivity contribution is -0.385. The van der Waals surface area contributed by atoms with Gasteiger partial charge in [0.05, 0.1) is 10.5 Å². The lowest BCUT2D eigenvalue weighted by Gasteiger charge is -2.24. The van der Waals surface area contributed by atoms with Crippen LogP contribution in [0.3, 0.4) is 0 Å². The first-order valence-corrected chi connectivity index (χ1v) is 7.33. The highest BCUT2D eigenvalue weighted by atomic mass is 16.6. The molecule has 1 aromatic heterocycles. The summed E-state index contributed by atoms with van der Waals surface area (Å²) in [6.45, 7) is 4.15. The van der Waals surface area contributed by atoms with Gasteiger partial charge in [-0.3, -0.25) is 14.9 Å². The number of hydrogen-bond donors (Lipinski definition) is 2. The maximum Gasteiger partial charge on any atom is 0.288 e. The number of anilines is 3. The molecule has 2 aromatic rings. The third-order valence-electron chi connectivity index (χ3n) is 3.64. The van der Waals surface area contributed by atoms with E-state index in [4.69, 9.17) is 5.73 Å². The molecule has 0 fully saturated rings. The number of rotatable bonds is 6. The zero-order chi connectivity index (χ0) is 17.9. The van der Waals surface area contributed by atoms with E-state index in [1.807, 2.05) is 31.3 Å². The highest BCUT2D eigenvalue weighted by molar-refractivity contribution is 5.98. The maximum absolute atomic E-state index is 11.6. The summed E-state index contributed by atoms with van der Waals surface area (Å²) in [5.74, 6) is -0.610. The fourth-order valence-electron chi connectivity index (χ4n) is 2.08. The van der Waals surface area contributed by atoms with Crippen LogP contribution in [0.25, 0.3) is 0 Å². The SMILES string of the molecule is CC(C)N(C)c1cccc(Nc2ncc([N+](=O)[O-])cc2C(N)=O)c1. The lowest BCUT2D eigenvalue weighted by Crippen LogP contribution is -2.25. The second-order valence-electron chi connectivity index (χ2n) is 5.59. The molecule has 2 rings (SSSR count). The molecule has 8 nitrogen and oxygen atoms in total. The summed E-state index contributed by atoms with van der Waals surface area (Å²) in [7, 11) is 1.97. The average molecular weight is 329 g/mol. The largest absolute Gasteiger partial charge is 0.372 e. The van der Waals surface area contributed by atoms with Crippen molar-refractivity contribution in [1.82, 2.24) is 4.98 Å².